The second-order valence-corrected chi connectivity index (χ2v) is 4.92. The molecule has 0 radical (unpaired) electrons. The molecule has 0 spiro atoms. The van der Waals surface area contributed by atoms with Gasteiger partial charge in [-0.1, -0.05) is 0 Å². The first-order chi connectivity index (χ1) is 8.63. The predicted molar refractivity (Wildman–Crippen MR) is 61.3 cm³/mol. The van der Waals surface area contributed by atoms with Gasteiger partial charge in [-0.15, -0.1) is 0 Å². The van der Waals surface area contributed by atoms with Crippen LogP contribution in [0.3, 0.4) is 0 Å². The number of ether oxygens (including phenoxy) is 1. The summed E-state index contributed by atoms with van der Waals surface area (Å²) in [5.41, 5.74) is -0.297. The molecule has 0 saturated carbocycles. The summed E-state index contributed by atoms with van der Waals surface area (Å²) in [6.07, 6.45) is -4.68. The van der Waals surface area contributed by atoms with Crippen molar-refractivity contribution in [3.8, 4) is 11.5 Å². The van der Waals surface area contributed by atoms with E-state index in [-0.39, 0.29) is 11.4 Å². The normalized spacial score (nSPS) is 12.2. The van der Waals surface area contributed by atoms with Gasteiger partial charge in [0.25, 0.3) is 10.2 Å². The summed E-state index contributed by atoms with van der Waals surface area (Å²) in [7, 11) is -3.14. The maximum absolute atomic E-state index is 11.9. The highest BCUT2D eigenvalue weighted by atomic mass is 32.2. The molecule has 1 rings (SSSR count). The fourth-order valence-electron chi connectivity index (χ4n) is 1.08. The minimum absolute atomic E-state index is 0.228. The number of methoxy groups -OCH3 is 1. The molecular formula is C9H11F3N2O4S. The molecule has 10 heteroatoms. The van der Waals surface area contributed by atoms with E-state index in [0.717, 1.165) is 12.1 Å². The van der Waals surface area contributed by atoms with Crippen LogP contribution < -0.4 is 14.2 Å². The average Bonchev–Trinajstić information content (AvgIpc) is 2.29. The molecule has 0 amide bonds. The lowest BCUT2D eigenvalue weighted by atomic mass is 10.3. The number of hydrogen-bond donors (Lipinski definition) is 3. The number of anilines is 1. The monoisotopic (exact) mass is 300 g/mol. The van der Waals surface area contributed by atoms with Crippen molar-refractivity contribution in [2.45, 2.75) is 6.18 Å². The molecule has 0 atom stereocenters. The standard InChI is InChI=1S/C9H11F3N2O4S/c1-18-6-2-3-8(15)7(4-6)14-19(16,17)13-5-9(10,11)12/h2-4,13-15H,5H2,1H3. The van der Waals surface area contributed by atoms with Gasteiger partial charge >= 0.3 is 6.18 Å². The Balaban J connectivity index is 2.83. The van der Waals surface area contributed by atoms with Crippen LogP contribution in [0.1, 0.15) is 0 Å². The maximum Gasteiger partial charge on any atom is 0.402 e. The van der Waals surface area contributed by atoms with Crippen LogP contribution in [0, 0.1) is 0 Å². The van der Waals surface area contributed by atoms with Crippen LogP contribution in [-0.4, -0.2) is 33.4 Å². The van der Waals surface area contributed by atoms with Crippen LogP contribution in [0.4, 0.5) is 18.9 Å². The topological polar surface area (TPSA) is 87.7 Å². The molecule has 0 bridgehead atoms. The Labute approximate surface area is 107 Å². The third-order valence-electron chi connectivity index (χ3n) is 1.91. The van der Waals surface area contributed by atoms with Crippen molar-refractivity contribution in [2.75, 3.05) is 18.4 Å². The van der Waals surface area contributed by atoms with E-state index >= 15 is 0 Å². The van der Waals surface area contributed by atoms with Gasteiger partial charge in [0.2, 0.25) is 0 Å². The number of nitrogens with one attached hydrogen (secondary N) is 2. The van der Waals surface area contributed by atoms with Crippen LogP contribution in [-0.2, 0) is 10.2 Å². The third-order valence-corrected chi connectivity index (χ3v) is 2.92. The zero-order valence-corrected chi connectivity index (χ0v) is 10.5. The Hall–Kier alpha value is -1.68. The number of benzene rings is 1. The Morgan fingerprint density at radius 3 is 2.53 bits per heavy atom. The molecule has 3 N–H and O–H groups in total. The Morgan fingerprint density at radius 1 is 1.37 bits per heavy atom. The van der Waals surface area contributed by atoms with E-state index in [1.807, 2.05) is 0 Å². The van der Waals surface area contributed by atoms with Gasteiger partial charge in [0.1, 0.15) is 18.0 Å². The van der Waals surface area contributed by atoms with Gasteiger partial charge in [-0.3, -0.25) is 4.72 Å². The number of rotatable bonds is 5. The van der Waals surface area contributed by atoms with Gasteiger partial charge in [0.05, 0.1) is 12.8 Å². The number of halogens is 3. The van der Waals surface area contributed by atoms with Gasteiger partial charge in [0, 0.05) is 6.07 Å². The summed E-state index contributed by atoms with van der Waals surface area (Å²) < 4.78 is 66.2. The largest absolute Gasteiger partial charge is 0.506 e. The van der Waals surface area contributed by atoms with E-state index in [1.54, 1.807) is 4.72 Å². The zero-order chi connectivity index (χ0) is 14.7. The smallest absolute Gasteiger partial charge is 0.402 e. The first-order valence-corrected chi connectivity index (χ1v) is 6.32. The van der Waals surface area contributed by atoms with Crippen molar-refractivity contribution in [3.63, 3.8) is 0 Å². The molecule has 0 fully saturated rings. The van der Waals surface area contributed by atoms with Gasteiger partial charge in [-0.2, -0.15) is 26.3 Å². The maximum atomic E-state index is 11.9. The van der Waals surface area contributed by atoms with Crippen LogP contribution in [0.25, 0.3) is 0 Å². The summed E-state index contributed by atoms with van der Waals surface area (Å²) in [5, 5.41) is 9.39. The summed E-state index contributed by atoms with van der Waals surface area (Å²) in [5.74, 6) is -0.218. The second-order valence-electron chi connectivity index (χ2n) is 3.42. The zero-order valence-electron chi connectivity index (χ0n) is 9.65. The first-order valence-electron chi connectivity index (χ1n) is 4.84. The van der Waals surface area contributed by atoms with Gasteiger partial charge in [0.15, 0.2) is 0 Å². The van der Waals surface area contributed by atoms with Crippen LogP contribution in [0.15, 0.2) is 18.2 Å². The van der Waals surface area contributed by atoms with E-state index < -0.39 is 28.7 Å². The molecule has 0 aliphatic heterocycles. The molecule has 108 valence electrons. The lowest BCUT2D eigenvalue weighted by Crippen LogP contribution is -2.37. The fourth-order valence-corrected chi connectivity index (χ4v) is 1.96. The van der Waals surface area contributed by atoms with Crippen LogP contribution in [0.5, 0.6) is 11.5 Å². The van der Waals surface area contributed by atoms with Crippen molar-refractivity contribution in [3.05, 3.63) is 18.2 Å². The molecule has 0 unspecified atom stereocenters. The highest BCUT2D eigenvalue weighted by Gasteiger charge is 2.29. The van der Waals surface area contributed by atoms with Gasteiger partial charge in [-0.05, 0) is 12.1 Å². The third kappa shape index (κ3) is 5.22. The Bertz CT molecular complexity index is 545. The molecule has 0 aliphatic rings. The molecule has 0 aliphatic carbocycles. The SMILES string of the molecule is COc1ccc(O)c(NS(=O)(=O)NCC(F)(F)F)c1. The molecule has 0 saturated heterocycles. The minimum atomic E-state index is -4.68. The lowest BCUT2D eigenvalue weighted by molar-refractivity contribution is -0.121. The highest BCUT2D eigenvalue weighted by Crippen LogP contribution is 2.28. The van der Waals surface area contributed by atoms with E-state index in [9.17, 15) is 26.7 Å². The quantitative estimate of drug-likeness (QED) is 0.713. The molecule has 6 nitrogen and oxygen atoms in total. The van der Waals surface area contributed by atoms with E-state index in [2.05, 4.69) is 0 Å². The number of alkyl halides is 3. The van der Waals surface area contributed by atoms with E-state index in [1.165, 1.54) is 17.9 Å². The van der Waals surface area contributed by atoms with Crippen LogP contribution in [0.2, 0.25) is 0 Å². The fraction of sp³-hybridized carbons (Fsp3) is 0.333. The van der Waals surface area contributed by atoms with Crippen molar-refractivity contribution < 1.29 is 31.4 Å². The molecule has 0 heterocycles. The molecular weight excluding hydrogens is 289 g/mol. The molecule has 1 aromatic carbocycles. The number of phenolic OH excluding ortho intramolecular Hbond substituents is 1. The molecule has 1 aromatic rings. The Morgan fingerprint density at radius 2 is 2.00 bits per heavy atom. The van der Waals surface area contributed by atoms with Crippen molar-refractivity contribution >= 4 is 15.9 Å². The highest BCUT2D eigenvalue weighted by molar-refractivity contribution is 7.90. The summed E-state index contributed by atoms with van der Waals surface area (Å²) >= 11 is 0. The number of hydrogen-bond acceptors (Lipinski definition) is 4. The number of aromatic hydroxyl groups is 1. The van der Waals surface area contributed by atoms with Crippen LogP contribution >= 0.6 is 0 Å². The van der Waals surface area contributed by atoms with Crippen molar-refractivity contribution in [1.82, 2.24) is 4.72 Å². The van der Waals surface area contributed by atoms with Gasteiger partial charge < -0.3 is 9.84 Å². The number of phenols is 1. The summed E-state index contributed by atoms with van der Waals surface area (Å²) in [6.45, 7) is -1.72. The average molecular weight is 300 g/mol. The summed E-state index contributed by atoms with van der Waals surface area (Å²) in [4.78, 5) is 0. The van der Waals surface area contributed by atoms with Gasteiger partial charge in [-0.25, -0.2) is 0 Å². The predicted octanol–water partition coefficient (Wildman–Crippen LogP) is 1.21. The van der Waals surface area contributed by atoms with E-state index in [0.29, 0.717) is 0 Å². The molecule has 0 aromatic heterocycles. The van der Waals surface area contributed by atoms with E-state index in [4.69, 9.17) is 4.74 Å². The Kier molecular flexibility index (Phi) is 4.48. The van der Waals surface area contributed by atoms with Crippen molar-refractivity contribution in [2.24, 2.45) is 0 Å². The second kappa shape index (κ2) is 5.53. The lowest BCUT2D eigenvalue weighted by Gasteiger charge is -2.12. The summed E-state index contributed by atoms with van der Waals surface area (Å²) in [6, 6.07) is 3.62. The van der Waals surface area contributed by atoms with Crippen molar-refractivity contribution in [1.29, 1.82) is 0 Å². The first kappa shape index (κ1) is 15.4. The molecule has 19 heavy (non-hydrogen) atoms. The minimum Gasteiger partial charge on any atom is -0.506 e.